The molecule has 1 amide bonds. The van der Waals surface area contributed by atoms with Gasteiger partial charge in [-0.15, -0.1) is 0 Å². The molecule has 0 aliphatic carbocycles. The zero-order valence-corrected chi connectivity index (χ0v) is 26.6. The molecule has 4 N–H and O–H groups in total. The van der Waals surface area contributed by atoms with Crippen LogP contribution in [-0.2, 0) is 51.1 Å². The van der Waals surface area contributed by atoms with Crippen molar-refractivity contribution in [1.29, 1.82) is 0 Å². The average molecular weight is 644 g/mol. The van der Waals surface area contributed by atoms with E-state index in [1.165, 1.54) is 17.7 Å². The van der Waals surface area contributed by atoms with Crippen LogP contribution in [0.1, 0.15) is 48.9 Å². The second kappa shape index (κ2) is 19.0. The molecule has 3 aromatic carbocycles. The van der Waals surface area contributed by atoms with Gasteiger partial charge in [-0.05, 0) is 53.6 Å². The Morgan fingerprint density at radius 2 is 1.60 bits per heavy atom. The SMILES string of the molecule is CCCCS(=O)C[C@@H](NC(=O)OCc1ccccc1)C(=O)O[C@H](CNCc1cccc(CC)c1)[C@@H](N)Cc1cc(F)cc(F)c1. The van der Waals surface area contributed by atoms with Crippen LogP contribution in [0, 0.1) is 11.6 Å². The molecule has 1 unspecified atom stereocenters. The molecular weight excluding hydrogens is 600 g/mol. The van der Waals surface area contributed by atoms with Crippen LogP contribution in [0.3, 0.4) is 0 Å². The third-order valence-corrected chi connectivity index (χ3v) is 8.53. The van der Waals surface area contributed by atoms with Gasteiger partial charge in [-0.2, -0.15) is 0 Å². The summed E-state index contributed by atoms with van der Waals surface area (Å²) in [6.07, 6.45) is 0.584. The number of halogens is 2. The van der Waals surface area contributed by atoms with Crippen LogP contribution in [-0.4, -0.2) is 52.5 Å². The van der Waals surface area contributed by atoms with E-state index in [-0.39, 0.29) is 25.3 Å². The number of carbonyl (C=O) groups excluding carboxylic acids is 2. The minimum Gasteiger partial charge on any atom is -0.458 e. The monoisotopic (exact) mass is 643 g/mol. The molecule has 0 spiro atoms. The molecule has 3 aromatic rings. The van der Waals surface area contributed by atoms with Crippen LogP contribution < -0.4 is 16.4 Å². The van der Waals surface area contributed by atoms with Crippen LogP contribution in [0.4, 0.5) is 13.6 Å². The van der Waals surface area contributed by atoms with E-state index in [0.29, 0.717) is 24.3 Å². The number of amides is 1. The summed E-state index contributed by atoms with van der Waals surface area (Å²) in [5.74, 6) is -2.14. The third-order valence-electron chi connectivity index (χ3n) is 7.08. The molecule has 0 aliphatic heterocycles. The van der Waals surface area contributed by atoms with E-state index >= 15 is 0 Å². The Morgan fingerprint density at radius 3 is 2.29 bits per heavy atom. The Bertz CT molecular complexity index is 1380. The lowest BCUT2D eigenvalue weighted by atomic mass is 10.0. The molecule has 0 aromatic heterocycles. The van der Waals surface area contributed by atoms with Gasteiger partial charge in [0.25, 0.3) is 0 Å². The first-order chi connectivity index (χ1) is 21.7. The van der Waals surface area contributed by atoms with Crippen molar-refractivity contribution in [2.45, 2.75) is 70.9 Å². The number of carbonyl (C=O) groups is 2. The Kier molecular flexibility index (Phi) is 15.1. The highest BCUT2D eigenvalue weighted by molar-refractivity contribution is 7.85. The van der Waals surface area contributed by atoms with Crippen molar-refractivity contribution < 1.29 is 32.1 Å². The first-order valence-corrected chi connectivity index (χ1v) is 16.7. The second-order valence-corrected chi connectivity index (χ2v) is 12.5. The molecule has 0 saturated carbocycles. The Labute approximate surface area is 266 Å². The van der Waals surface area contributed by atoms with Gasteiger partial charge >= 0.3 is 12.1 Å². The van der Waals surface area contributed by atoms with Gasteiger partial charge in [0, 0.05) is 41.8 Å². The lowest BCUT2D eigenvalue weighted by molar-refractivity contribution is -0.151. The Balaban J connectivity index is 1.74. The quantitative estimate of drug-likeness (QED) is 0.168. The van der Waals surface area contributed by atoms with Gasteiger partial charge < -0.3 is 25.8 Å². The standard InChI is InChI=1S/C34H43F2N3O5S/c1-3-5-14-45(42)23-31(39-34(41)43-22-25-10-7-6-8-11-25)33(40)44-32(21-38-20-26-13-9-12-24(4-2)15-26)30(37)18-27-16-28(35)19-29(36)17-27/h6-13,15-17,19,30-32,38H,3-5,14,18,20-23,37H2,1-2H3,(H,39,41)/t30-,31+,32+,45?/m0/s1. The van der Waals surface area contributed by atoms with E-state index in [9.17, 15) is 22.6 Å². The molecule has 45 heavy (non-hydrogen) atoms. The zero-order chi connectivity index (χ0) is 32.6. The summed E-state index contributed by atoms with van der Waals surface area (Å²) in [5, 5.41) is 5.77. The van der Waals surface area contributed by atoms with E-state index in [0.717, 1.165) is 30.0 Å². The minimum absolute atomic E-state index is 0.0132. The highest BCUT2D eigenvalue weighted by Crippen LogP contribution is 2.14. The smallest absolute Gasteiger partial charge is 0.408 e. The fourth-order valence-corrected chi connectivity index (χ4v) is 5.98. The van der Waals surface area contributed by atoms with Crippen molar-refractivity contribution in [2.75, 3.05) is 18.1 Å². The summed E-state index contributed by atoms with van der Waals surface area (Å²) in [6.45, 7) is 4.58. The second-order valence-electron chi connectivity index (χ2n) is 10.8. The molecule has 0 fully saturated rings. The molecule has 244 valence electrons. The Morgan fingerprint density at radius 1 is 0.911 bits per heavy atom. The largest absolute Gasteiger partial charge is 0.458 e. The number of benzene rings is 3. The van der Waals surface area contributed by atoms with Gasteiger partial charge in [-0.3, -0.25) is 4.21 Å². The number of ether oxygens (including phenoxy) is 2. The molecule has 0 aliphatic rings. The number of alkyl carbamates (subject to hydrolysis) is 1. The van der Waals surface area contributed by atoms with Gasteiger partial charge in [0.1, 0.15) is 30.4 Å². The van der Waals surface area contributed by atoms with Crippen LogP contribution in [0.25, 0.3) is 0 Å². The molecule has 0 radical (unpaired) electrons. The lowest BCUT2D eigenvalue weighted by Crippen LogP contribution is -2.51. The molecule has 3 rings (SSSR count). The normalized spacial score (nSPS) is 13.8. The van der Waals surface area contributed by atoms with E-state index in [2.05, 4.69) is 23.6 Å². The van der Waals surface area contributed by atoms with E-state index in [1.54, 1.807) is 12.1 Å². The number of aryl methyl sites for hydroxylation is 1. The van der Waals surface area contributed by atoms with Gasteiger partial charge in [0.2, 0.25) is 0 Å². The van der Waals surface area contributed by atoms with Gasteiger partial charge in [-0.25, -0.2) is 18.4 Å². The summed E-state index contributed by atoms with van der Waals surface area (Å²) in [5.41, 5.74) is 9.72. The van der Waals surface area contributed by atoms with Gasteiger partial charge in [0.15, 0.2) is 0 Å². The van der Waals surface area contributed by atoms with Crippen molar-refractivity contribution >= 4 is 22.9 Å². The summed E-state index contributed by atoms with van der Waals surface area (Å²) >= 11 is 0. The maximum absolute atomic E-state index is 13.9. The molecule has 4 atom stereocenters. The molecule has 8 nitrogen and oxygen atoms in total. The van der Waals surface area contributed by atoms with Crippen LogP contribution in [0.5, 0.6) is 0 Å². The molecule has 0 heterocycles. The maximum Gasteiger partial charge on any atom is 0.408 e. The number of unbranched alkanes of at least 4 members (excludes halogenated alkanes) is 1. The summed E-state index contributed by atoms with van der Waals surface area (Å²) in [6, 6.07) is 18.1. The van der Waals surface area contributed by atoms with Crippen molar-refractivity contribution in [2.24, 2.45) is 5.73 Å². The van der Waals surface area contributed by atoms with Crippen molar-refractivity contribution in [3.05, 3.63) is 107 Å². The van der Waals surface area contributed by atoms with Crippen LogP contribution in [0.2, 0.25) is 0 Å². The maximum atomic E-state index is 13.9. The zero-order valence-electron chi connectivity index (χ0n) is 25.8. The van der Waals surface area contributed by atoms with E-state index in [4.69, 9.17) is 15.2 Å². The number of esters is 1. The Hall–Kier alpha value is -3.67. The fourth-order valence-electron chi connectivity index (χ4n) is 4.61. The number of hydrogen-bond donors (Lipinski definition) is 3. The number of rotatable bonds is 18. The lowest BCUT2D eigenvalue weighted by Gasteiger charge is -2.27. The number of nitrogens with two attached hydrogens (primary N) is 1. The van der Waals surface area contributed by atoms with Crippen molar-refractivity contribution in [1.82, 2.24) is 10.6 Å². The number of hydrogen-bond acceptors (Lipinski definition) is 7. The fraction of sp³-hybridized carbons (Fsp3) is 0.412. The summed E-state index contributed by atoms with van der Waals surface area (Å²) < 4.78 is 51.7. The van der Waals surface area contributed by atoms with Crippen molar-refractivity contribution in [3.8, 4) is 0 Å². The van der Waals surface area contributed by atoms with Crippen LogP contribution >= 0.6 is 0 Å². The summed E-state index contributed by atoms with van der Waals surface area (Å²) in [7, 11) is -1.42. The first-order valence-electron chi connectivity index (χ1n) is 15.2. The number of nitrogens with one attached hydrogen (secondary N) is 2. The van der Waals surface area contributed by atoms with Crippen LogP contribution in [0.15, 0.2) is 72.8 Å². The highest BCUT2D eigenvalue weighted by atomic mass is 32.2. The molecule has 0 bridgehead atoms. The van der Waals surface area contributed by atoms with E-state index < -0.39 is 52.7 Å². The summed E-state index contributed by atoms with van der Waals surface area (Å²) in [4.78, 5) is 26.2. The van der Waals surface area contributed by atoms with Gasteiger partial charge in [-0.1, -0.05) is 74.9 Å². The average Bonchev–Trinajstić information content (AvgIpc) is 3.02. The molecule has 11 heteroatoms. The highest BCUT2D eigenvalue weighted by Gasteiger charge is 2.30. The minimum atomic E-state index is -1.42. The molecule has 0 saturated heterocycles. The topological polar surface area (TPSA) is 120 Å². The van der Waals surface area contributed by atoms with Gasteiger partial charge in [0.05, 0.1) is 5.75 Å². The van der Waals surface area contributed by atoms with Crippen molar-refractivity contribution in [3.63, 3.8) is 0 Å². The predicted octanol–water partition coefficient (Wildman–Crippen LogP) is 4.94. The third kappa shape index (κ3) is 13.1. The van der Waals surface area contributed by atoms with E-state index in [1.807, 2.05) is 43.3 Å². The molecular formula is C34H43F2N3O5S. The predicted molar refractivity (Wildman–Crippen MR) is 172 cm³/mol. The first kappa shape index (κ1) is 35.8.